The van der Waals surface area contributed by atoms with E-state index in [0.29, 0.717) is 19.4 Å². The van der Waals surface area contributed by atoms with Crippen LogP contribution in [-0.4, -0.2) is 47.4 Å². The fraction of sp³-hybridized carbons (Fsp3) is 0.941. The molecule has 0 aromatic rings. The highest BCUT2D eigenvalue weighted by Crippen LogP contribution is 2.19. The number of amides is 1. The van der Waals surface area contributed by atoms with Crippen LogP contribution in [0.5, 0.6) is 0 Å². The number of unbranched alkanes of at least 4 members (excludes halogenated alkanes) is 53. The Labute approximate surface area is 463 Å². The molecule has 0 aromatic heterocycles. The maximum Gasteiger partial charge on any atom is 0.305 e. The van der Waals surface area contributed by atoms with Gasteiger partial charge in [0.05, 0.1) is 25.4 Å². The van der Waals surface area contributed by atoms with Crippen LogP contribution in [0, 0.1) is 0 Å². The zero-order chi connectivity index (χ0) is 53.6. The second kappa shape index (κ2) is 64.1. The normalized spacial score (nSPS) is 12.5. The number of ether oxygens (including phenoxy) is 1. The number of aliphatic hydroxyl groups excluding tert-OH is 2. The lowest BCUT2D eigenvalue weighted by Crippen LogP contribution is -2.45. The number of hydrogen-bond donors (Lipinski definition) is 3. The van der Waals surface area contributed by atoms with Crippen LogP contribution in [0.1, 0.15) is 386 Å². The van der Waals surface area contributed by atoms with Gasteiger partial charge in [0, 0.05) is 12.8 Å². The summed E-state index contributed by atoms with van der Waals surface area (Å²) in [6.45, 7) is 4.93. The van der Waals surface area contributed by atoms with Crippen molar-refractivity contribution >= 4 is 11.9 Å². The van der Waals surface area contributed by atoms with Crippen LogP contribution < -0.4 is 5.32 Å². The lowest BCUT2D eigenvalue weighted by molar-refractivity contribution is -0.143. The van der Waals surface area contributed by atoms with Crippen molar-refractivity contribution in [3.63, 3.8) is 0 Å². The van der Waals surface area contributed by atoms with Gasteiger partial charge in [0.15, 0.2) is 0 Å². The Bertz CT molecular complexity index is 1110. The number of carbonyl (C=O) groups excluding carboxylic acids is 2. The van der Waals surface area contributed by atoms with Gasteiger partial charge in [-0.15, -0.1) is 0 Å². The minimum absolute atomic E-state index is 0.0238. The van der Waals surface area contributed by atoms with E-state index < -0.39 is 12.1 Å². The molecule has 0 saturated heterocycles. The fourth-order valence-corrected chi connectivity index (χ4v) is 10.9. The molecule has 74 heavy (non-hydrogen) atoms. The molecule has 0 aromatic carbocycles. The SMILES string of the molecule is CCCCCCCCCCC/C=C/C(O)C(CO)NC(=O)CCCCCCCCCCCCCCCCCCCCCCCCCCCCCCCOC(=O)CCCCCCCCCCCCCCCCCCC. The molecular weight excluding hydrogens is 911 g/mol. The molecule has 2 unspecified atom stereocenters. The summed E-state index contributed by atoms with van der Waals surface area (Å²) < 4.78 is 5.51. The Morgan fingerprint density at radius 1 is 0.365 bits per heavy atom. The Hall–Kier alpha value is -1.40. The maximum absolute atomic E-state index is 12.4. The van der Waals surface area contributed by atoms with Gasteiger partial charge in [-0.1, -0.05) is 353 Å². The van der Waals surface area contributed by atoms with Crippen molar-refractivity contribution in [1.82, 2.24) is 5.32 Å². The lowest BCUT2D eigenvalue weighted by atomic mass is 10.0. The Kier molecular flexibility index (Phi) is 62.9. The van der Waals surface area contributed by atoms with E-state index >= 15 is 0 Å². The Morgan fingerprint density at radius 3 is 0.919 bits per heavy atom. The maximum atomic E-state index is 12.4. The molecule has 0 aliphatic heterocycles. The van der Waals surface area contributed by atoms with E-state index in [1.807, 2.05) is 6.08 Å². The summed E-state index contributed by atoms with van der Waals surface area (Å²) in [6.07, 6.45) is 78.7. The first kappa shape index (κ1) is 72.6. The van der Waals surface area contributed by atoms with Gasteiger partial charge < -0.3 is 20.3 Å². The summed E-state index contributed by atoms with van der Waals surface area (Å²) in [6, 6.07) is -0.623. The highest BCUT2D eigenvalue weighted by atomic mass is 16.5. The van der Waals surface area contributed by atoms with Gasteiger partial charge in [0.2, 0.25) is 5.91 Å². The molecule has 0 saturated carbocycles. The molecule has 6 heteroatoms. The first-order valence-corrected chi connectivity index (χ1v) is 34.0. The summed E-state index contributed by atoms with van der Waals surface area (Å²) >= 11 is 0. The van der Waals surface area contributed by atoms with Gasteiger partial charge in [-0.25, -0.2) is 0 Å². The molecule has 0 radical (unpaired) electrons. The zero-order valence-electron chi connectivity index (χ0n) is 50.4. The molecule has 1 amide bonds. The first-order valence-electron chi connectivity index (χ1n) is 34.0. The molecule has 3 N–H and O–H groups in total. The van der Waals surface area contributed by atoms with Crippen LogP contribution in [0.3, 0.4) is 0 Å². The molecule has 2 atom stereocenters. The standard InChI is InChI=1S/C68H133NO5/c1-3-5-7-9-11-13-15-16-17-31-35-38-42-46-50-54-58-62-68(73)74-63-59-55-51-47-43-39-36-33-30-28-26-24-22-20-18-19-21-23-25-27-29-32-34-37-41-45-49-53-57-61-67(72)69-65(64-70)66(71)60-56-52-48-44-40-14-12-10-8-6-4-2/h56,60,65-66,70-71H,3-55,57-59,61-64H2,1-2H3,(H,69,72)/b60-56+. The monoisotopic (exact) mass is 1040 g/mol. The van der Waals surface area contributed by atoms with Gasteiger partial charge in [-0.05, 0) is 32.1 Å². The largest absolute Gasteiger partial charge is 0.466 e. The third-order valence-corrected chi connectivity index (χ3v) is 16.1. The number of rotatable bonds is 64. The summed E-state index contributed by atoms with van der Waals surface area (Å²) in [7, 11) is 0. The van der Waals surface area contributed by atoms with Crippen molar-refractivity contribution < 1.29 is 24.5 Å². The summed E-state index contributed by atoms with van der Waals surface area (Å²) in [5, 5.41) is 23.0. The topological polar surface area (TPSA) is 95.9 Å². The molecular formula is C68H133NO5. The van der Waals surface area contributed by atoms with E-state index in [0.717, 1.165) is 38.5 Å². The second-order valence-electron chi connectivity index (χ2n) is 23.5. The predicted octanol–water partition coefficient (Wildman–Crippen LogP) is 21.6. The van der Waals surface area contributed by atoms with Gasteiger partial charge in [0.25, 0.3) is 0 Å². The first-order chi connectivity index (χ1) is 36.5. The van der Waals surface area contributed by atoms with E-state index in [4.69, 9.17) is 4.74 Å². The summed E-state index contributed by atoms with van der Waals surface area (Å²) in [5.41, 5.74) is 0. The molecule has 0 aliphatic carbocycles. The van der Waals surface area contributed by atoms with Crippen molar-refractivity contribution in [3.05, 3.63) is 12.2 Å². The van der Waals surface area contributed by atoms with Crippen molar-refractivity contribution in [3.8, 4) is 0 Å². The predicted molar refractivity (Wildman–Crippen MR) is 324 cm³/mol. The smallest absolute Gasteiger partial charge is 0.305 e. The summed E-state index contributed by atoms with van der Waals surface area (Å²) in [4.78, 5) is 24.5. The van der Waals surface area contributed by atoms with Gasteiger partial charge in [-0.3, -0.25) is 9.59 Å². The number of esters is 1. The molecule has 6 nitrogen and oxygen atoms in total. The van der Waals surface area contributed by atoms with Gasteiger partial charge in [-0.2, -0.15) is 0 Å². The van der Waals surface area contributed by atoms with Crippen LogP contribution in [-0.2, 0) is 14.3 Å². The zero-order valence-corrected chi connectivity index (χ0v) is 50.4. The van der Waals surface area contributed by atoms with Gasteiger partial charge in [0.1, 0.15) is 0 Å². The molecule has 0 spiro atoms. The van der Waals surface area contributed by atoms with Crippen molar-refractivity contribution in [2.45, 2.75) is 398 Å². The highest BCUT2D eigenvalue weighted by Gasteiger charge is 2.18. The molecule has 0 heterocycles. The fourth-order valence-electron chi connectivity index (χ4n) is 10.9. The van der Waals surface area contributed by atoms with Crippen LogP contribution >= 0.6 is 0 Å². The van der Waals surface area contributed by atoms with Crippen LogP contribution in [0.4, 0.5) is 0 Å². The number of carbonyl (C=O) groups is 2. The third-order valence-electron chi connectivity index (χ3n) is 16.1. The minimum Gasteiger partial charge on any atom is -0.466 e. The lowest BCUT2D eigenvalue weighted by Gasteiger charge is -2.20. The molecule has 0 bridgehead atoms. The second-order valence-corrected chi connectivity index (χ2v) is 23.5. The van der Waals surface area contributed by atoms with E-state index in [-0.39, 0.29) is 18.5 Å². The third kappa shape index (κ3) is 59.8. The van der Waals surface area contributed by atoms with Crippen LogP contribution in [0.15, 0.2) is 12.2 Å². The van der Waals surface area contributed by atoms with E-state index in [9.17, 15) is 19.8 Å². The van der Waals surface area contributed by atoms with Gasteiger partial charge >= 0.3 is 5.97 Å². The highest BCUT2D eigenvalue weighted by molar-refractivity contribution is 5.76. The molecule has 0 rings (SSSR count). The Morgan fingerprint density at radius 2 is 0.622 bits per heavy atom. The van der Waals surface area contributed by atoms with E-state index in [1.165, 1.54) is 321 Å². The Balaban J connectivity index is 3.30. The van der Waals surface area contributed by atoms with Crippen molar-refractivity contribution in [1.29, 1.82) is 0 Å². The van der Waals surface area contributed by atoms with Crippen molar-refractivity contribution in [2.24, 2.45) is 0 Å². The quantitative estimate of drug-likeness (QED) is 0.0320. The van der Waals surface area contributed by atoms with Crippen molar-refractivity contribution in [2.75, 3.05) is 13.2 Å². The molecule has 0 fully saturated rings. The number of aliphatic hydroxyl groups is 2. The minimum atomic E-state index is -0.839. The average Bonchev–Trinajstić information content (AvgIpc) is 3.40. The number of hydrogen-bond acceptors (Lipinski definition) is 5. The average molecular weight is 1040 g/mol. The molecule has 440 valence electrons. The van der Waals surface area contributed by atoms with Crippen LogP contribution in [0.2, 0.25) is 0 Å². The van der Waals surface area contributed by atoms with E-state index in [1.54, 1.807) is 6.08 Å². The molecule has 0 aliphatic rings. The van der Waals surface area contributed by atoms with Crippen LogP contribution in [0.25, 0.3) is 0 Å². The number of nitrogens with one attached hydrogen (secondary N) is 1. The van der Waals surface area contributed by atoms with E-state index in [2.05, 4.69) is 19.2 Å². The number of allylic oxidation sites excluding steroid dienone is 1. The summed E-state index contributed by atoms with van der Waals surface area (Å²) in [5.74, 6) is -0.0400.